The number of ether oxygens (including phenoxy) is 2. The molecule has 5 nitrogen and oxygen atoms in total. The third-order valence-electron chi connectivity index (χ3n) is 4.73. The average molecular weight is 310 g/mol. The van der Waals surface area contributed by atoms with Crippen LogP contribution in [0.4, 0.5) is 4.79 Å². The Hall–Kier alpha value is -1.07. The summed E-state index contributed by atoms with van der Waals surface area (Å²) in [5.74, 6) is -0.264. The molecule has 0 radical (unpaired) electrons. The highest BCUT2D eigenvalue weighted by molar-refractivity contribution is 5.74. The van der Waals surface area contributed by atoms with Crippen molar-refractivity contribution in [3.63, 3.8) is 0 Å². The number of nitrogens with one attached hydrogen (secondary N) is 1. The number of nitrogens with zero attached hydrogens (tertiary/aromatic N) is 1. The fraction of sp³-hybridized carbons (Fsp3) is 0.824. The number of rotatable bonds is 6. The van der Waals surface area contributed by atoms with Crippen LogP contribution in [0.5, 0.6) is 0 Å². The third kappa shape index (κ3) is 4.46. The second-order valence-corrected chi connectivity index (χ2v) is 6.57. The highest BCUT2D eigenvalue weighted by Gasteiger charge is 2.42. The maximum atomic E-state index is 12.4. The van der Waals surface area contributed by atoms with E-state index >= 15 is 0 Å². The molecule has 2 saturated heterocycles. The third-order valence-corrected chi connectivity index (χ3v) is 4.73. The summed E-state index contributed by atoms with van der Waals surface area (Å²) in [4.78, 5) is 14.3. The van der Waals surface area contributed by atoms with Gasteiger partial charge in [-0.2, -0.15) is 0 Å². The van der Waals surface area contributed by atoms with Crippen molar-refractivity contribution in [3.05, 3.63) is 12.7 Å². The van der Waals surface area contributed by atoms with Crippen LogP contribution in [-0.2, 0) is 9.47 Å². The van der Waals surface area contributed by atoms with Crippen LogP contribution in [0.2, 0.25) is 0 Å². The Bertz CT molecular complexity index is 380. The van der Waals surface area contributed by atoms with Crippen molar-refractivity contribution in [3.8, 4) is 0 Å². The van der Waals surface area contributed by atoms with Gasteiger partial charge in [0.15, 0.2) is 5.79 Å². The molecule has 126 valence electrons. The van der Waals surface area contributed by atoms with E-state index in [1.54, 1.807) is 0 Å². The van der Waals surface area contributed by atoms with Crippen molar-refractivity contribution >= 4 is 6.03 Å². The lowest BCUT2D eigenvalue weighted by molar-refractivity contribution is -0.189. The fourth-order valence-corrected chi connectivity index (χ4v) is 3.30. The Morgan fingerprint density at radius 1 is 1.50 bits per heavy atom. The van der Waals surface area contributed by atoms with Crippen LogP contribution < -0.4 is 5.32 Å². The van der Waals surface area contributed by atoms with Crippen LogP contribution in [0.3, 0.4) is 0 Å². The Kier molecular flexibility index (Phi) is 6.26. The summed E-state index contributed by atoms with van der Waals surface area (Å²) in [6.45, 7) is 10.6. The van der Waals surface area contributed by atoms with E-state index in [4.69, 9.17) is 9.47 Å². The van der Waals surface area contributed by atoms with Crippen LogP contribution >= 0.6 is 0 Å². The Balaban J connectivity index is 1.81. The number of likely N-dealkylation sites (tertiary alicyclic amines) is 1. The number of urea groups is 1. The maximum absolute atomic E-state index is 12.4. The van der Waals surface area contributed by atoms with Crippen molar-refractivity contribution in [2.45, 2.75) is 57.8 Å². The number of hydrogen-bond acceptors (Lipinski definition) is 3. The molecule has 0 spiro atoms. The van der Waals surface area contributed by atoms with Gasteiger partial charge in [0.2, 0.25) is 0 Å². The molecule has 0 aromatic rings. The second kappa shape index (κ2) is 7.97. The van der Waals surface area contributed by atoms with Gasteiger partial charge < -0.3 is 19.7 Å². The molecule has 5 heteroatoms. The largest absolute Gasteiger partial charge is 0.347 e. The van der Waals surface area contributed by atoms with E-state index in [-0.39, 0.29) is 18.0 Å². The van der Waals surface area contributed by atoms with E-state index < -0.39 is 5.79 Å². The molecule has 0 saturated carbocycles. The summed E-state index contributed by atoms with van der Waals surface area (Å²) < 4.78 is 11.5. The summed E-state index contributed by atoms with van der Waals surface area (Å²) >= 11 is 0. The van der Waals surface area contributed by atoms with Crippen LogP contribution in [0.15, 0.2) is 12.7 Å². The zero-order valence-corrected chi connectivity index (χ0v) is 14.0. The highest BCUT2D eigenvalue weighted by atomic mass is 16.7. The van der Waals surface area contributed by atoms with Gasteiger partial charge in [0.1, 0.15) is 0 Å². The van der Waals surface area contributed by atoms with Gasteiger partial charge in [0.05, 0.1) is 13.2 Å². The Morgan fingerprint density at radius 2 is 2.23 bits per heavy atom. The monoisotopic (exact) mass is 310 g/mol. The predicted molar refractivity (Wildman–Crippen MR) is 86.6 cm³/mol. The minimum Gasteiger partial charge on any atom is -0.347 e. The first kappa shape index (κ1) is 17.3. The quantitative estimate of drug-likeness (QED) is 0.606. The van der Waals surface area contributed by atoms with Crippen molar-refractivity contribution in [1.82, 2.24) is 10.2 Å². The second-order valence-electron chi connectivity index (χ2n) is 6.57. The van der Waals surface area contributed by atoms with Gasteiger partial charge in [-0.25, -0.2) is 4.79 Å². The first-order valence-corrected chi connectivity index (χ1v) is 8.49. The molecule has 2 aliphatic rings. The van der Waals surface area contributed by atoms with E-state index in [0.717, 1.165) is 38.6 Å². The van der Waals surface area contributed by atoms with Crippen LogP contribution in [0, 0.1) is 5.92 Å². The number of hydrogen-bond donors (Lipinski definition) is 1. The molecule has 2 heterocycles. The zero-order chi connectivity index (χ0) is 16.0. The van der Waals surface area contributed by atoms with Crippen molar-refractivity contribution in [1.29, 1.82) is 0 Å². The van der Waals surface area contributed by atoms with Crippen LogP contribution in [-0.4, -0.2) is 49.1 Å². The zero-order valence-electron chi connectivity index (χ0n) is 14.0. The summed E-state index contributed by atoms with van der Waals surface area (Å²) in [6.07, 6.45) is 7.03. The predicted octanol–water partition coefficient (Wildman–Crippen LogP) is 2.92. The number of piperidine rings is 1. The van der Waals surface area contributed by atoms with E-state index in [9.17, 15) is 4.79 Å². The molecule has 0 aromatic carbocycles. The normalized spacial score (nSPS) is 25.7. The Morgan fingerprint density at radius 3 is 2.91 bits per heavy atom. The number of carbonyl (C=O) groups is 1. The van der Waals surface area contributed by atoms with Gasteiger partial charge >= 0.3 is 6.03 Å². The molecule has 0 unspecified atom stereocenters. The van der Waals surface area contributed by atoms with Crippen molar-refractivity contribution < 1.29 is 14.3 Å². The lowest BCUT2D eigenvalue weighted by Gasteiger charge is -2.40. The van der Waals surface area contributed by atoms with Gasteiger partial charge in [0, 0.05) is 25.0 Å². The number of unbranched alkanes of at least 4 members (excludes halogenated alkanes) is 1. The molecule has 1 N–H and O–H groups in total. The summed E-state index contributed by atoms with van der Waals surface area (Å²) in [5, 5.41) is 3.10. The van der Waals surface area contributed by atoms with Crippen LogP contribution in [0.25, 0.3) is 0 Å². The minimum atomic E-state index is -0.519. The molecule has 2 fully saturated rings. The minimum absolute atomic E-state index is 0.0393. The first-order chi connectivity index (χ1) is 10.5. The average Bonchev–Trinajstić information content (AvgIpc) is 2.96. The van der Waals surface area contributed by atoms with Crippen LogP contribution in [0.1, 0.15) is 46.0 Å². The van der Waals surface area contributed by atoms with Crippen molar-refractivity contribution in [2.24, 2.45) is 5.92 Å². The van der Waals surface area contributed by atoms with E-state index in [1.807, 2.05) is 17.9 Å². The number of amides is 2. The lowest BCUT2D eigenvalue weighted by atomic mass is 9.90. The smallest absolute Gasteiger partial charge is 0.317 e. The van der Waals surface area contributed by atoms with Gasteiger partial charge in [-0.3, -0.25) is 0 Å². The van der Waals surface area contributed by atoms with E-state index in [1.165, 1.54) is 0 Å². The topological polar surface area (TPSA) is 50.8 Å². The fourth-order valence-electron chi connectivity index (χ4n) is 3.30. The van der Waals surface area contributed by atoms with Gasteiger partial charge in [-0.05, 0) is 46.0 Å². The molecule has 0 aromatic heterocycles. The first-order valence-electron chi connectivity index (χ1n) is 8.49. The molecule has 2 rings (SSSR count). The van der Waals surface area contributed by atoms with Gasteiger partial charge in [-0.1, -0.05) is 6.08 Å². The van der Waals surface area contributed by atoms with Gasteiger partial charge in [-0.15, -0.1) is 6.58 Å². The summed E-state index contributed by atoms with van der Waals surface area (Å²) in [7, 11) is 0. The number of allylic oxidation sites excluding steroid dienone is 1. The molecule has 2 amide bonds. The molecular formula is C17H30N2O3. The lowest BCUT2D eigenvalue weighted by Crippen LogP contribution is -2.52. The van der Waals surface area contributed by atoms with E-state index in [2.05, 4.69) is 18.8 Å². The highest BCUT2D eigenvalue weighted by Crippen LogP contribution is 2.34. The van der Waals surface area contributed by atoms with E-state index in [0.29, 0.717) is 19.8 Å². The Labute approximate surface area is 134 Å². The summed E-state index contributed by atoms with van der Waals surface area (Å²) in [6, 6.07) is 0.236. The molecule has 2 aliphatic heterocycles. The molecule has 0 bridgehead atoms. The van der Waals surface area contributed by atoms with Gasteiger partial charge in [0.25, 0.3) is 0 Å². The SMILES string of the molecule is C=CCCC[C@@H](C)NC(=O)N1CCC[C@H](C2(C)OCCO2)C1. The molecule has 2 atom stereocenters. The number of carbonyl (C=O) groups excluding carboxylic acids is 1. The molecule has 0 aliphatic carbocycles. The maximum Gasteiger partial charge on any atom is 0.317 e. The molecule has 22 heavy (non-hydrogen) atoms. The van der Waals surface area contributed by atoms with Crippen molar-refractivity contribution in [2.75, 3.05) is 26.3 Å². The summed E-state index contributed by atoms with van der Waals surface area (Å²) in [5.41, 5.74) is 0. The standard InChI is InChI=1S/C17H30N2O3/c1-4-5-6-8-14(2)18-16(20)19-10-7-9-15(13-19)17(3)21-11-12-22-17/h4,14-15H,1,5-13H2,2-3H3,(H,18,20)/t14-,15+/m1/s1. The molecular weight excluding hydrogens is 280 g/mol.